The lowest BCUT2D eigenvalue weighted by molar-refractivity contribution is 0.0830. The number of ether oxygens (including phenoxy) is 1. The SMILES string of the molecule is CC(C)CC(CN)c1nc(C2CCOCC2)no1. The predicted octanol–water partition coefficient (Wildman–Crippen LogP) is 2.05. The molecule has 1 aliphatic heterocycles. The van der Waals surface area contributed by atoms with Crippen molar-refractivity contribution in [1.82, 2.24) is 10.1 Å². The predicted molar refractivity (Wildman–Crippen MR) is 68.3 cm³/mol. The van der Waals surface area contributed by atoms with Crippen LogP contribution in [0, 0.1) is 5.92 Å². The first-order valence-corrected chi connectivity index (χ1v) is 6.82. The Labute approximate surface area is 108 Å². The summed E-state index contributed by atoms with van der Waals surface area (Å²) < 4.78 is 10.7. The Kier molecular flexibility index (Phi) is 4.72. The number of rotatable bonds is 5. The lowest BCUT2D eigenvalue weighted by Gasteiger charge is -2.18. The molecule has 1 fully saturated rings. The molecule has 1 atom stereocenters. The van der Waals surface area contributed by atoms with E-state index >= 15 is 0 Å². The number of hydrogen-bond acceptors (Lipinski definition) is 5. The summed E-state index contributed by atoms with van der Waals surface area (Å²) in [6.45, 7) is 6.51. The smallest absolute Gasteiger partial charge is 0.231 e. The zero-order valence-corrected chi connectivity index (χ0v) is 11.3. The van der Waals surface area contributed by atoms with Gasteiger partial charge >= 0.3 is 0 Å². The van der Waals surface area contributed by atoms with E-state index in [4.69, 9.17) is 15.0 Å². The van der Waals surface area contributed by atoms with Crippen LogP contribution in [-0.2, 0) is 4.74 Å². The van der Waals surface area contributed by atoms with Gasteiger partial charge in [0.2, 0.25) is 5.89 Å². The summed E-state index contributed by atoms with van der Waals surface area (Å²) in [7, 11) is 0. The van der Waals surface area contributed by atoms with Gasteiger partial charge < -0.3 is 15.0 Å². The lowest BCUT2D eigenvalue weighted by atomic mass is 9.97. The van der Waals surface area contributed by atoms with Crippen molar-refractivity contribution in [2.75, 3.05) is 19.8 Å². The van der Waals surface area contributed by atoms with E-state index in [2.05, 4.69) is 24.0 Å². The molecule has 102 valence electrons. The first kappa shape index (κ1) is 13.5. The Morgan fingerprint density at radius 2 is 2.06 bits per heavy atom. The van der Waals surface area contributed by atoms with E-state index < -0.39 is 0 Å². The standard InChI is InChI=1S/C13H23N3O2/c1-9(2)7-11(8-14)13-15-12(16-18-13)10-3-5-17-6-4-10/h9-11H,3-8,14H2,1-2H3. The molecule has 5 heteroatoms. The first-order chi connectivity index (χ1) is 8.70. The molecule has 1 aromatic heterocycles. The van der Waals surface area contributed by atoms with E-state index in [0.29, 0.717) is 24.3 Å². The van der Waals surface area contributed by atoms with Gasteiger partial charge in [0.05, 0.1) is 5.92 Å². The molecule has 2 heterocycles. The zero-order chi connectivity index (χ0) is 13.0. The Morgan fingerprint density at radius 3 is 2.67 bits per heavy atom. The van der Waals surface area contributed by atoms with Crippen molar-refractivity contribution in [3.05, 3.63) is 11.7 Å². The maximum atomic E-state index is 5.79. The van der Waals surface area contributed by atoms with E-state index in [1.807, 2.05) is 0 Å². The molecule has 1 saturated heterocycles. The number of aromatic nitrogens is 2. The molecule has 0 bridgehead atoms. The van der Waals surface area contributed by atoms with Crippen molar-refractivity contribution in [2.24, 2.45) is 11.7 Å². The van der Waals surface area contributed by atoms with E-state index in [0.717, 1.165) is 38.3 Å². The van der Waals surface area contributed by atoms with Gasteiger partial charge in [0, 0.05) is 25.7 Å². The third-order valence-corrected chi connectivity index (χ3v) is 3.43. The Morgan fingerprint density at radius 1 is 1.33 bits per heavy atom. The van der Waals surface area contributed by atoms with Crippen LogP contribution in [-0.4, -0.2) is 29.9 Å². The van der Waals surface area contributed by atoms with Crippen molar-refractivity contribution >= 4 is 0 Å². The molecular weight excluding hydrogens is 230 g/mol. The Bertz CT molecular complexity index is 359. The van der Waals surface area contributed by atoms with E-state index in [1.165, 1.54) is 0 Å². The van der Waals surface area contributed by atoms with Crippen molar-refractivity contribution in [3.63, 3.8) is 0 Å². The number of nitrogens with two attached hydrogens (primary N) is 1. The van der Waals surface area contributed by atoms with Crippen LogP contribution in [0.5, 0.6) is 0 Å². The maximum Gasteiger partial charge on any atom is 0.231 e. The van der Waals surface area contributed by atoms with Crippen LogP contribution in [0.3, 0.4) is 0 Å². The highest BCUT2D eigenvalue weighted by Crippen LogP contribution is 2.27. The van der Waals surface area contributed by atoms with Crippen LogP contribution in [0.15, 0.2) is 4.52 Å². The summed E-state index contributed by atoms with van der Waals surface area (Å²) in [5.41, 5.74) is 5.79. The largest absolute Gasteiger partial charge is 0.381 e. The monoisotopic (exact) mass is 253 g/mol. The third kappa shape index (κ3) is 3.29. The quantitative estimate of drug-likeness (QED) is 0.869. The molecule has 1 aliphatic rings. The summed E-state index contributed by atoms with van der Waals surface area (Å²) in [5.74, 6) is 2.68. The van der Waals surface area contributed by atoms with Crippen molar-refractivity contribution < 1.29 is 9.26 Å². The summed E-state index contributed by atoms with van der Waals surface area (Å²) in [6.07, 6.45) is 2.96. The van der Waals surface area contributed by atoms with Gasteiger partial charge in [0.1, 0.15) is 0 Å². The van der Waals surface area contributed by atoms with Gasteiger partial charge in [-0.05, 0) is 25.2 Å². The van der Waals surface area contributed by atoms with Crippen molar-refractivity contribution in [3.8, 4) is 0 Å². The highest BCUT2D eigenvalue weighted by molar-refractivity contribution is 5.00. The van der Waals surface area contributed by atoms with Crippen LogP contribution in [0.1, 0.15) is 56.7 Å². The minimum Gasteiger partial charge on any atom is -0.381 e. The van der Waals surface area contributed by atoms with E-state index in [1.54, 1.807) is 0 Å². The molecule has 0 radical (unpaired) electrons. The maximum absolute atomic E-state index is 5.79. The molecule has 0 amide bonds. The molecule has 1 unspecified atom stereocenters. The van der Waals surface area contributed by atoms with Gasteiger partial charge in [0.15, 0.2) is 5.82 Å². The van der Waals surface area contributed by atoms with Crippen LogP contribution in [0.25, 0.3) is 0 Å². The summed E-state index contributed by atoms with van der Waals surface area (Å²) in [4.78, 5) is 4.54. The van der Waals surface area contributed by atoms with Crippen LogP contribution in [0.2, 0.25) is 0 Å². The average molecular weight is 253 g/mol. The van der Waals surface area contributed by atoms with Crippen LogP contribution < -0.4 is 5.73 Å². The second kappa shape index (κ2) is 6.29. The molecule has 1 aromatic rings. The lowest BCUT2D eigenvalue weighted by Crippen LogP contribution is -2.16. The van der Waals surface area contributed by atoms with Gasteiger partial charge in [-0.1, -0.05) is 19.0 Å². The zero-order valence-electron chi connectivity index (χ0n) is 11.3. The molecule has 0 spiro atoms. The highest BCUT2D eigenvalue weighted by atomic mass is 16.5. The topological polar surface area (TPSA) is 74.2 Å². The Balaban J connectivity index is 2.03. The van der Waals surface area contributed by atoms with Gasteiger partial charge in [0.25, 0.3) is 0 Å². The molecule has 18 heavy (non-hydrogen) atoms. The highest BCUT2D eigenvalue weighted by Gasteiger charge is 2.24. The number of hydrogen-bond donors (Lipinski definition) is 1. The van der Waals surface area contributed by atoms with Crippen LogP contribution in [0.4, 0.5) is 0 Å². The van der Waals surface area contributed by atoms with E-state index in [-0.39, 0.29) is 5.92 Å². The average Bonchev–Trinajstić information content (AvgIpc) is 2.86. The fraction of sp³-hybridized carbons (Fsp3) is 0.846. The first-order valence-electron chi connectivity index (χ1n) is 6.82. The van der Waals surface area contributed by atoms with Gasteiger partial charge in [-0.25, -0.2) is 0 Å². The second-order valence-electron chi connectivity index (χ2n) is 5.44. The van der Waals surface area contributed by atoms with Crippen molar-refractivity contribution in [1.29, 1.82) is 0 Å². The molecule has 5 nitrogen and oxygen atoms in total. The molecule has 0 aliphatic carbocycles. The molecule has 0 saturated carbocycles. The molecule has 2 rings (SSSR count). The van der Waals surface area contributed by atoms with Gasteiger partial charge in [-0.2, -0.15) is 4.98 Å². The minimum atomic E-state index is 0.186. The molecule has 0 aromatic carbocycles. The summed E-state index contributed by atoms with van der Waals surface area (Å²) in [6, 6.07) is 0. The fourth-order valence-electron chi connectivity index (χ4n) is 2.40. The van der Waals surface area contributed by atoms with Gasteiger partial charge in [-0.15, -0.1) is 0 Å². The van der Waals surface area contributed by atoms with Crippen LogP contribution >= 0.6 is 0 Å². The minimum absolute atomic E-state index is 0.186. The van der Waals surface area contributed by atoms with E-state index in [9.17, 15) is 0 Å². The molecular formula is C13H23N3O2. The third-order valence-electron chi connectivity index (χ3n) is 3.43. The van der Waals surface area contributed by atoms with Crippen molar-refractivity contribution in [2.45, 2.75) is 44.9 Å². The second-order valence-corrected chi connectivity index (χ2v) is 5.44. The normalized spacial score (nSPS) is 19.3. The number of nitrogens with zero attached hydrogens (tertiary/aromatic N) is 2. The van der Waals surface area contributed by atoms with Gasteiger partial charge in [-0.3, -0.25) is 0 Å². The fourth-order valence-corrected chi connectivity index (χ4v) is 2.40. The molecule has 2 N–H and O–H groups in total. The Hall–Kier alpha value is -0.940. The summed E-state index contributed by atoms with van der Waals surface area (Å²) >= 11 is 0. The summed E-state index contributed by atoms with van der Waals surface area (Å²) in [5, 5.41) is 4.12.